The molecule has 84 valence electrons. The molecule has 4 nitrogen and oxygen atoms in total. The van der Waals surface area contributed by atoms with Gasteiger partial charge in [-0.2, -0.15) is 0 Å². The zero-order valence-electron chi connectivity index (χ0n) is 8.45. The molecule has 1 unspecified atom stereocenters. The van der Waals surface area contributed by atoms with E-state index < -0.39 is 0 Å². The van der Waals surface area contributed by atoms with Gasteiger partial charge in [-0.1, -0.05) is 11.6 Å². The number of hydrogen-bond acceptors (Lipinski definition) is 4. The highest BCUT2D eigenvalue weighted by atomic mass is 127. The quantitative estimate of drug-likeness (QED) is 0.847. The fourth-order valence-electron chi connectivity index (χ4n) is 1.16. The van der Waals surface area contributed by atoms with E-state index in [1.54, 1.807) is 13.0 Å². The molecule has 2 N–H and O–H groups in total. The fraction of sp³-hybridized carbons (Fsp3) is 0.200. The molecule has 2 aromatic rings. The minimum Gasteiger partial charge on any atom is -0.419 e. The molecule has 0 amide bonds. The predicted molar refractivity (Wildman–Crippen MR) is 70.1 cm³/mol. The first kappa shape index (κ1) is 11.8. The molecule has 0 fully saturated rings. The second-order valence-corrected chi connectivity index (χ2v) is 4.93. The van der Waals surface area contributed by atoms with E-state index in [0.29, 0.717) is 16.8 Å². The van der Waals surface area contributed by atoms with Crippen molar-refractivity contribution in [2.75, 3.05) is 0 Å². The standard InChI is InChI=1S/C10H9ClIN3O/c1-5(13)9-14-15-10(16-9)6-2-3-8(12)7(11)4-6/h2-5H,13H2,1H3. The maximum atomic E-state index is 6.01. The van der Waals surface area contributed by atoms with E-state index in [9.17, 15) is 0 Å². The number of rotatable bonds is 2. The molecule has 0 spiro atoms. The van der Waals surface area contributed by atoms with Gasteiger partial charge in [-0.3, -0.25) is 0 Å². The molecule has 16 heavy (non-hydrogen) atoms. The lowest BCUT2D eigenvalue weighted by molar-refractivity contribution is 0.473. The molecule has 0 aliphatic carbocycles. The minimum absolute atomic E-state index is 0.263. The number of nitrogens with zero attached hydrogens (tertiary/aromatic N) is 2. The summed E-state index contributed by atoms with van der Waals surface area (Å²) in [7, 11) is 0. The van der Waals surface area contributed by atoms with Crippen LogP contribution in [0.4, 0.5) is 0 Å². The molecule has 0 bridgehead atoms. The lowest BCUT2D eigenvalue weighted by atomic mass is 10.2. The van der Waals surface area contributed by atoms with Crippen LogP contribution in [0.2, 0.25) is 5.02 Å². The molecule has 0 aliphatic rings. The van der Waals surface area contributed by atoms with Crippen molar-refractivity contribution in [3.8, 4) is 11.5 Å². The maximum Gasteiger partial charge on any atom is 0.247 e. The van der Waals surface area contributed by atoms with Gasteiger partial charge in [-0.25, -0.2) is 0 Å². The number of halogens is 2. The van der Waals surface area contributed by atoms with Crippen LogP contribution in [0.15, 0.2) is 22.6 Å². The summed E-state index contributed by atoms with van der Waals surface area (Å²) in [6.45, 7) is 1.79. The van der Waals surface area contributed by atoms with Gasteiger partial charge >= 0.3 is 0 Å². The number of nitrogens with two attached hydrogens (primary N) is 1. The molecule has 1 heterocycles. The van der Waals surface area contributed by atoms with Gasteiger partial charge in [0, 0.05) is 9.13 Å². The second-order valence-electron chi connectivity index (χ2n) is 3.36. The van der Waals surface area contributed by atoms with Crippen molar-refractivity contribution in [3.63, 3.8) is 0 Å². The number of benzene rings is 1. The zero-order valence-corrected chi connectivity index (χ0v) is 11.4. The van der Waals surface area contributed by atoms with E-state index in [1.807, 2.05) is 12.1 Å². The lowest BCUT2D eigenvalue weighted by Gasteiger charge is -1.99. The van der Waals surface area contributed by atoms with Crippen LogP contribution >= 0.6 is 34.2 Å². The Morgan fingerprint density at radius 1 is 1.44 bits per heavy atom. The van der Waals surface area contributed by atoms with E-state index >= 15 is 0 Å². The van der Waals surface area contributed by atoms with Crippen molar-refractivity contribution in [1.82, 2.24) is 10.2 Å². The van der Waals surface area contributed by atoms with Crippen LogP contribution in [-0.4, -0.2) is 10.2 Å². The molecule has 0 saturated carbocycles. The molecule has 2 rings (SSSR count). The van der Waals surface area contributed by atoms with Crippen molar-refractivity contribution in [1.29, 1.82) is 0 Å². The van der Waals surface area contributed by atoms with E-state index in [2.05, 4.69) is 32.8 Å². The van der Waals surface area contributed by atoms with Crippen LogP contribution in [0.5, 0.6) is 0 Å². The topological polar surface area (TPSA) is 64.9 Å². The maximum absolute atomic E-state index is 6.01. The van der Waals surface area contributed by atoms with Gasteiger partial charge in [0.2, 0.25) is 11.8 Å². The van der Waals surface area contributed by atoms with Gasteiger partial charge in [0.15, 0.2) is 0 Å². The Bertz CT molecular complexity index is 513. The highest BCUT2D eigenvalue weighted by Gasteiger charge is 2.12. The SMILES string of the molecule is CC(N)c1nnc(-c2ccc(I)c(Cl)c2)o1. The van der Waals surface area contributed by atoms with E-state index in [-0.39, 0.29) is 6.04 Å². The average molecular weight is 350 g/mol. The van der Waals surface area contributed by atoms with Crippen LogP contribution in [0.3, 0.4) is 0 Å². The predicted octanol–water partition coefficient (Wildman–Crippen LogP) is 3.01. The Balaban J connectivity index is 2.39. The van der Waals surface area contributed by atoms with Gasteiger partial charge in [-0.05, 0) is 47.7 Å². The van der Waals surface area contributed by atoms with Gasteiger partial charge < -0.3 is 10.2 Å². The van der Waals surface area contributed by atoms with Crippen molar-refractivity contribution in [2.24, 2.45) is 5.73 Å². The van der Waals surface area contributed by atoms with E-state index in [4.69, 9.17) is 21.8 Å². The van der Waals surface area contributed by atoms with Gasteiger partial charge in [0.05, 0.1) is 11.1 Å². The monoisotopic (exact) mass is 349 g/mol. The van der Waals surface area contributed by atoms with Gasteiger partial charge in [0.25, 0.3) is 0 Å². The second kappa shape index (κ2) is 4.68. The third kappa shape index (κ3) is 2.36. The van der Waals surface area contributed by atoms with Crippen LogP contribution < -0.4 is 5.73 Å². The summed E-state index contributed by atoms with van der Waals surface area (Å²) in [5.41, 5.74) is 6.43. The first-order chi connectivity index (χ1) is 7.58. The molecule has 6 heteroatoms. The summed E-state index contributed by atoms with van der Waals surface area (Å²) in [6, 6.07) is 5.31. The average Bonchev–Trinajstić information content (AvgIpc) is 2.71. The number of hydrogen-bond donors (Lipinski definition) is 1. The lowest BCUT2D eigenvalue weighted by Crippen LogP contribution is -2.04. The normalized spacial score (nSPS) is 12.8. The van der Waals surface area contributed by atoms with E-state index in [1.165, 1.54) is 0 Å². The van der Waals surface area contributed by atoms with Crippen LogP contribution in [0, 0.1) is 3.57 Å². The molecular weight excluding hydrogens is 340 g/mol. The third-order valence-corrected chi connectivity index (χ3v) is 3.57. The molecular formula is C10H9ClIN3O. The molecule has 0 saturated heterocycles. The Hall–Kier alpha value is -0.660. The van der Waals surface area contributed by atoms with Crippen LogP contribution in [0.25, 0.3) is 11.5 Å². The summed E-state index contributed by atoms with van der Waals surface area (Å²) in [5, 5.41) is 8.44. The first-order valence-electron chi connectivity index (χ1n) is 4.62. The molecule has 1 aromatic heterocycles. The molecule has 0 radical (unpaired) electrons. The van der Waals surface area contributed by atoms with Crippen molar-refractivity contribution >= 4 is 34.2 Å². The van der Waals surface area contributed by atoms with Crippen molar-refractivity contribution in [3.05, 3.63) is 32.7 Å². The van der Waals surface area contributed by atoms with E-state index in [0.717, 1.165) is 9.13 Å². The Labute approximate surface area is 111 Å². The highest BCUT2D eigenvalue weighted by molar-refractivity contribution is 14.1. The number of aromatic nitrogens is 2. The minimum atomic E-state index is -0.263. The van der Waals surface area contributed by atoms with Crippen molar-refractivity contribution in [2.45, 2.75) is 13.0 Å². The fourth-order valence-corrected chi connectivity index (χ4v) is 1.68. The Morgan fingerprint density at radius 2 is 2.19 bits per heavy atom. The Kier molecular flexibility index (Phi) is 3.46. The summed E-state index contributed by atoms with van der Waals surface area (Å²) >= 11 is 8.17. The summed E-state index contributed by atoms with van der Waals surface area (Å²) in [4.78, 5) is 0. The molecule has 1 atom stereocenters. The molecule has 0 aliphatic heterocycles. The van der Waals surface area contributed by atoms with Crippen LogP contribution in [0.1, 0.15) is 18.9 Å². The first-order valence-corrected chi connectivity index (χ1v) is 6.08. The third-order valence-electron chi connectivity index (χ3n) is 2.00. The largest absolute Gasteiger partial charge is 0.419 e. The van der Waals surface area contributed by atoms with Gasteiger partial charge in [-0.15, -0.1) is 10.2 Å². The van der Waals surface area contributed by atoms with Crippen molar-refractivity contribution < 1.29 is 4.42 Å². The summed E-state index contributed by atoms with van der Waals surface area (Å²) in [6.07, 6.45) is 0. The summed E-state index contributed by atoms with van der Waals surface area (Å²) < 4.78 is 6.40. The smallest absolute Gasteiger partial charge is 0.247 e. The van der Waals surface area contributed by atoms with Crippen LogP contribution in [-0.2, 0) is 0 Å². The zero-order chi connectivity index (χ0) is 11.7. The van der Waals surface area contributed by atoms with Gasteiger partial charge in [0.1, 0.15) is 0 Å². The Morgan fingerprint density at radius 3 is 2.75 bits per heavy atom. The highest BCUT2D eigenvalue weighted by Crippen LogP contribution is 2.26. The summed E-state index contributed by atoms with van der Waals surface area (Å²) in [5.74, 6) is 0.857. The molecule has 1 aromatic carbocycles.